The van der Waals surface area contributed by atoms with Gasteiger partial charge in [0.1, 0.15) is 0 Å². The van der Waals surface area contributed by atoms with Crippen LogP contribution in [0.4, 0.5) is 0 Å². The lowest BCUT2D eigenvalue weighted by atomic mass is 9.97. The summed E-state index contributed by atoms with van der Waals surface area (Å²) in [6, 6.07) is 2.37. The largest absolute Gasteiger partial charge is 0.309 e. The molecular formula is C14H18N4O. The molecule has 4 rings (SSSR count). The Hall–Kier alpha value is -1.62. The van der Waals surface area contributed by atoms with E-state index in [-0.39, 0.29) is 5.56 Å². The number of aromatic amines is 1. The summed E-state index contributed by atoms with van der Waals surface area (Å²) < 4.78 is 1.62. The highest BCUT2D eigenvalue weighted by Crippen LogP contribution is 2.23. The number of fused-ring (bicyclic) bond motifs is 2. The van der Waals surface area contributed by atoms with Gasteiger partial charge in [-0.3, -0.25) is 9.89 Å². The fourth-order valence-electron chi connectivity index (χ4n) is 3.30. The van der Waals surface area contributed by atoms with E-state index in [1.165, 1.54) is 6.42 Å². The molecule has 5 nitrogen and oxygen atoms in total. The first-order chi connectivity index (χ1) is 9.33. The Morgan fingerprint density at radius 3 is 3.00 bits per heavy atom. The highest BCUT2D eigenvalue weighted by molar-refractivity contribution is 5.43. The number of aromatic nitrogens is 3. The Kier molecular flexibility index (Phi) is 2.48. The third kappa shape index (κ3) is 1.72. The molecular weight excluding hydrogens is 240 g/mol. The minimum Gasteiger partial charge on any atom is -0.309 e. The maximum Gasteiger partial charge on any atom is 0.276 e. The number of nitrogens with zero attached hydrogens (tertiary/aromatic N) is 2. The lowest BCUT2D eigenvalue weighted by molar-refractivity contribution is 0.614. The van der Waals surface area contributed by atoms with Gasteiger partial charge in [0.15, 0.2) is 5.65 Å². The third-order valence-electron chi connectivity index (χ3n) is 4.34. The van der Waals surface area contributed by atoms with Crippen LogP contribution in [0.3, 0.4) is 0 Å². The van der Waals surface area contributed by atoms with Crippen LogP contribution in [-0.4, -0.2) is 21.1 Å². The average molecular weight is 258 g/mol. The Morgan fingerprint density at radius 2 is 2.16 bits per heavy atom. The molecule has 2 aromatic heterocycles. The zero-order valence-corrected chi connectivity index (χ0v) is 10.9. The zero-order valence-electron chi connectivity index (χ0n) is 10.9. The van der Waals surface area contributed by atoms with Crippen LogP contribution in [-0.2, 0) is 12.8 Å². The van der Waals surface area contributed by atoms with E-state index in [0.717, 1.165) is 61.2 Å². The third-order valence-corrected chi connectivity index (χ3v) is 4.34. The van der Waals surface area contributed by atoms with Crippen LogP contribution >= 0.6 is 0 Å². The molecule has 0 aromatic carbocycles. The van der Waals surface area contributed by atoms with Crippen molar-refractivity contribution in [2.24, 2.45) is 0 Å². The van der Waals surface area contributed by atoms with Crippen molar-refractivity contribution in [3.63, 3.8) is 0 Å². The molecule has 3 heterocycles. The van der Waals surface area contributed by atoms with Crippen molar-refractivity contribution in [1.29, 1.82) is 0 Å². The molecule has 1 saturated heterocycles. The SMILES string of the molecule is O=c1c2c(nc3cc(C4CCCN4)[nH]n13)CCCC2. The van der Waals surface area contributed by atoms with Crippen LogP contribution in [0.25, 0.3) is 5.65 Å². The van der Waals surface area contributed by atoms with Crippen LogP contribution in [0.2, 0.25) is 0 Å². The first-order valence-corrected chi connectivity index (χ1v) is 7.20. The number of hydrogen-bond acceptors (Lipinski definition) is 3. The van der Waals surface area contributed by atoms with E-state index < -0.39 is 0 Å². The van der Waals surface area contributed by atoms with Crippen LogP contribution in [0, 0.1) is 0 Å². The predicted octanol–water partition coefficient (Wildman–Crippen LogP) is 1.33. The molecule has 1 atom stereocenters. The maximum absolute atomic E-state index is 12.5. The van der Waals surface area contributed by atoms with Gasteiger partial charge in [0.25, 0.3) is 5.56 Å². The maximum atomic E-state index is 12.5. The topological polar surface area (TPSA) is 62.2 Å². The number of H-pyrrole nitrogens is 1. The summed E-state index contributed by atoms with van der Waals surface area (Å²) in [5.74, 6) is 0. The number of aryl methyl sites for hydroxylation is 1. The molecule has 0 saturated carbocycles. The molecule has 1 unspecified atom stereocenters. The lowest BCUT2D eigenvalue weighted by Gasteiger charge is -2.13. The fraction of sp³-hybridized carbons (Fsp3) is 0.571. The quantitative estimate of drug-likeness (QED) is 0.811. The smallest absolute Gasteiger partial charge is 0.276 e. The summed E-state index contributed by atoms with van der Waals surface area (Å²) in [5, 5.41) is 6.68. The number of rotatable bonds is 1. The molecule has 1 aliphatic carbocycles. The van der Waals surface area contributed by atoms with Gasteiger partial charge in [-0.15, -0.1) is 0 Å². The van der Waals surface area contributed by atoms with Gasteiger partial charge in [-0.05, 0) is 45.1 Å². The number of hydrogen-bond donors (Lipinski definition) is 2. The molecule has 5 heteroatoms. The summed E-state index contributed by atoms with van der Waals surface area (Å²) in [7, 11) is 0. The van der Waals surface area contributed by atoms with Crippen LogP contribution in [0.1, 0.15) is 48.7 Å². The van der Waals surface area contributed by atoms with Gasteiger partial charge in [-0.2, -0.15) is 0 Å². The molecule has 0 radical (unpaired) electrons. The molecule has 0 bridgehead atoms. The van der Waals surface area contributed by atoms with E-state index in [2.05, 4.69) is 15.4 Å². The van der Waals surface area contributed by atoms with Gasteiger partial charge in [0, 0.05) is 17.7 Å². The van der Waals surface area contributed by atoms with Crippen LogP contribution < -0.4 is 10.9 Å². The minimum atomic E-state index is 0.101. The van der Waals surface area contributed by atoms with Gasteiger partial charge in [0.2, 0.25) is 0 Å². The summed E-state index contributed by atoms with van der Waals surface area (Å²) in [6.45, 7) is 1.05. The van der Waals surface area contributed by atoms with E-state index in [9.17, 15) is 4.79 Å². The van der Waals surface area contributed by atoms with Gasteiger partial charge >= 0.3 is 0 Å². The summed E-state index contributed by atoms with van der Waals surface area (Å²) >= 11 is 0. The van der Waals surface area contributed by atoms with Crippen molar-refractivity contribution in [3.05, 3.63) is 33.4 Å². The van der Waals surface area contributed by atoms with E-state index in [1.54, 1.807) is 4.52 Å². The first-order valence-electron chi connectivity index (χ1n) is 7.20. The molecule has 2 aliphatic rings. The molecule has 2 N–H and O–H groups in total. The average Bonchev–Trinajstić information content (AvgIpc) is 3.07. The van der Waals surface area contributed by atoms with Crippen molar-refractivity contribution in [2.45, 2.75) is 44.6 Å². The predicted molar refractivity (Wildman–Crippen MR) is 72.4 cm³/mol. The molecule has 100 valence electrons. The van der Waals surface area contributed by atoms with Gasteiger partial charge < -0.3 is 5.32 Å². The summed E-state index contributed by atoms with van der Waals surface area (Å²) in [6.07, 6.45) is 6.40. The summed E-state index contributed by atoms with van der Waals surface area (Å²) in [5.41, 5.74) is 3.89. The van der Waals surface area contributed by atoms with Crippen molar-refractivity contribution < 1.29 is 0 Å². The second kappa shape index (κ2) is 4.20. The molecule has 1 aliphatic heterocycles. The lowest BCUT2D eigenvalue weighted by Crippen LogP contribution is -2.25. The Morgan fingerprint density at radius 1 is 1.26 bits per heavy atom. The molecule has 1 fully saturated rings. The molecule has 19 heavy (non-hydrogen) atoms. The Labute approximate surface area is 111 Å². The zero-order chi connectivity index (χ0) is 12.8. The van der Waals surface area contributed by atoms with Gasteiger partial charge in [0.05, 0.1) is 11.4 Å². The van der Waals surface area contributed by atoms with Crippen molar-refractivity contribution >= 4 is 5.65 Å². The monoisotopic (exact) mass is 258 g/mol. The minimum absolute atomic E-state index is 0.101. The Bertz CT molecular complexity index is 679. The fourth-order valence-corrected chi connectivity index (χ4v) is 3.30. The van der Waals surface area contributed by atoms with E-state index in [1.807, 2.05) is 6.07 Å². The van der Waals surface area contributed by atoms with E-state index in [0.29, 0.717) is 6.04 Å². The first kappa shape index (κ1) is 11.2. The standard InChI is InChI=1S/C14H18N4O/c19-14-9-4-1-2-5-10(9)16-13-8-12(17-18(13)14)11-6-3-7-15-11/h8,11,15,17H,1-7H2. The van der Waals surface area contributed by atoms with Crippen molar-refractivity contribution in [2.75, 3.05) is 6.54 Å². The molecule has 0 amide bonds. The molecule has 0 spiro atoms. The summed E-state index contributed by atoms with van der Waals surface area (Å²) in [4.78, 5) is 17.1. The Balaban J connectivity index is 1.88. The van der Waals surface area contributed by atoms with Crippen LogP contribution in [0.15, 0.2) is 10.9 Å². The number of nitrogens with one attached hydrogen (secondary N) is 2. The second-order valence-electron chi connectivity index (χ2n) is 5.60. The normalized spacial score (nSPS) is 22.8. The highest BCUT2D eigenvalue weighted by Gasteiger charge is 2.21. The van der Waals surface area contributed by atoms with Crippen LogP contribution in [0.5, 0.6) is 0 Å². The van der Waals surface area contributed by atoms with Crippen molar-refractivity contribution in [1.82, 2.24) is 19.9 Å². The second-order valence-corrected chi connectivity index (χ2v) is 5.60. The highest BCUT2D eigenvalue weighted by atomic mass is 16.1. The van der Waals surface area contributed by atoms with Gasteiger partial charge in [-0.1, -0.05) is 0 Å². The van der Waals surface area contributed by atoms with E-state index >= 15 is 0 Å². The molecule has 2 aromatic rings. The van der Waals surface area contributed by atoms with E-state index in [4.69, 9.17) is 0 Å². The van der Waals surface area contributed by atoms with Crippen molar-refractivity contribution in [3.8, 4) is 0 Å². The van der Waals surface area contributed by atoms with Gasteiger partial charge in [-0.25, -0.2) is 9.50 Å².